The van der Waals surface area contributed by atoms with Gasteiger partial charge >= 0.3 is 0 Å². The molecule has 3 aromatic rings. The number of aromatic nitrogens is 2. The van der Waals surface area contributed by atoms with Gasteiger partial charge in [0, 0.05) is 18.6 Å². The van der Waals surface area contributed by atoms with Gasteiger partial charge in [0.15, 0.2) is 0 Å². The highest BCUT2D eigenvalue weighted by Gasteiger charge is 2.24. The molecule has 0 aliphatic heterocycles. The molecule has 0 fully saturated rings. The summed E-state index contributed by atoms with van der Waals surface area (Å²) in [5.41, 5.74) is 0.437. The fourth-order valence-electron chi connectivity index (χ4n) is 2.76. The van der Waals surface area contributed by atoms with E-state index in [1.54, 1.807) is 40.8 Å². The van der Waals surface area contributed by atoms with Crippen molar-refractivity contribution in [3.8, 4) is 0 Å². The van der Waals surface area contributed by atoms with Crippen LogP contribution in [-0.4, -0.2) is 27.4 Å². The topological polar surface area (TPSA) is 55.2 Å². The number of carbonyl (C=O) groups excluding carboxylic acids is 1. The lowest BCUT2D eigenvalue weighted by Crippen LogP contribution is -2.34. The molecule has 0 N–H and O–H groups in total. The Labute approximate surface area is 154 Å². The van der Waals surface area contributed by atoms with E-state index in [2.05, 4.69) is 4.98 Å². The Morgan fingerprint density at radius 2 is 2.16 bits per heavy atom. The van der Waals surface area contributed by atoms with E-state index in [-0.39, 0.29) is 17.5 Å². The molecule has 1 amide bonds. The lowest BCUT2D eigenvalue weighted by Gasteiger charge is -2.26. The van der Waals surface area contributed by atoms with Crippen LogP contribution >= 0.6 is 22.9 Å². The predicted molar refractivity (Wildman–Crippen MR) is 102 cm³/mol. The quantitative estimate of drug-likeness (QED) is 0.693. The average Bonchev–Trinajstić information content (AvgIpc) is 3.14. The molecule has 1 atom stereocenters. The number of halogens is 1. The van der Waals surface area contributed by atoms with Gasteiger partial charge in [0.05, 0.1) is 21.8 Å². The molecular formula is C18H18ClN3O2S. The summed E-state index contributed by atoms with van der Waals surface area (Å²) < 4.78 is 1.60. The highest BCUT2D eigenvalue weighted by molar-refractivity contribution is 7.12. The fourth-order valence-corrected chi connectivity index (χ4v) is 3.64. The van der Waals surface area contributed by atoms with E-state index in [9.17, 15) is 9.59 Å². The van der Waals surface area contributed by atoms with Gasteiger partial charge in [0.2, 0.25) is 0 Å². The zero-order valence-electron chi connectivity index (χ0n) is 14.2. The second kappa shape index (κ2) is 6.98. The number of carbonyl (C=O) groups is 1. The number of fused-ring (bicyclic) bond motifs is 1. The summed E-state index contributed by atoms with van der Waals surface area (Å²) in [5, 5.41) is 2.85. The minimum atomic E-state index is -0.345. The first-order valence-electron chi connectivity index (χ1n) is 7.94. The Kier molecular flexibility index (Phi) is 4.92. The normalized spacial score (nSPS) is 12.3. The Bertz CT molecular complexity index is 982. The minimum absolute atomic E-state index is 0.0874. The van der Waals surface area contributed by atoms with Crippen LogP contribution in [0.25, 0.3) is 10.9 Å². The van der Waals surface area contributed by atoms with E-state index in [4.69, 9.17) is 11.6 Å². The van der Waals surface area contributed by atoms with Crippen LogP contribution in [0, 0.1) is 0 Å². The maximum atomic E-state index is 12.8. The molecule has 0 radical (unpaired) electrons. The van der Waals surface area contributed by atoms with Crippen molar-refractivity contribution in [2.75, 3.05) is 7.05 Å². The number of amides is 1. The van der Waals surface area contributed by atoms with Gasteiger partial charge in [-0.25, -0.2) is 4.98 Å². The van der Waals surface area contributed by atoms with Crippen molar-refractivity contribution in [1.82, 2.24) is 14.5 Å². The highest BCUT2D eigenvalue weighted by atomic mass is 35.5. The molecule has 5 nitrogen and oxygen atoms in total. The molecule has 130 valence electrons. The van der Waals surface area contributed by atoms with Crippen molar-refractivity contribution in [1.29, 1.82) is 0 Å². The van der Waals surface area contributed by atoms with Crippen LogP contribution in [0.3, 0.4) is 0 Å². The lowest BCUT2D eigenvalue weighted by atomic mass is 10.2. The molecule has 0 saturated carbocycles. The summed E-state index contributed by atoms with van der Waals surface area (Å²) in [6.07, 6.45) is 0. The molecule has 3 rings (SSSR count). The van der Waals surface area contributed by atoms with Gasteiger partial charge in [-0.05, 0) is 43.5 Å². The lowest BCUT2D eigenvalue weighted by molar-refractivity contribution is 0.0738. The van der Waals surface area contributed by atoms with Crippen molar-refractivity contribution in [3.63, 3.8) is 0 Å². The summed E-state index contributed by atoms with van der Waals surface area (Å²) in [5.74, 6) is 0.477. The van der Waals surface area contributed by atoms with Gasteiger partial charge in [-0.15, -0.1) is 11.3 Å². The van der Waals surface area contributed by atoms with Crippen LogP contribution in [0.1, 0.15) is 35.4 Å². The molecule has 7 heteroatoms. The van der Waals surface area contributed by atoms with E-state index in [1.165, 1.54) is 11.3 Å². The number of benzene rings is 1. The molecule has 0 aliphatic rings. The van der Waals surface area contributed by atoms with Gasteiger partial charge in [0.25, 0.3) is 11.5 Å². The first-order valence-corrected chi connectivity index (χ1v) is 9.20. The molecule has 0 aliphatic carbocycles. The van der Waals surface area contributed by atoms with Crippen LogP contribution in [0.15, 0.2) is 40.5 Å². The first kappa shape index (κ1) is 17.6. The highest BCUT2D eigenvalue weighted by Crippen LogP contribution is 2.23. The van der Waals surface area contributed by atoms with E-state index in [0.29, 0.717) is 33.2 Å². The molecular weight excluding hydrogens is 358 g/mol. The van der Waals surface area contributed by atoms with Gasteiger partial charge in [-0.1, -0.05) is 17.7 Å². The fraction of sp³-hybridized carbons (Fsp3) is 0.278. The number of thiophene rings is 1. The zero-order chi connectivity index (χ0) is 18.1. The Balaban J connectivity index is 2.09. The summed E-state index contributed by atoms with van der Waals surface area (Å²) in [6.45, 7) is 4.23. The van der Waals surface area contributed by atoms with Crippen molar-refractivity contribution in [2.24, 2.45) is 0 Å². The number of nitrogens with zero attached hydrogens (tertiary/aromatic N) is 3. The number of hydrogen-bond donors (Lipinski definition) is 0. The monoisotopic (exact) mass is 375 g/mol. The van der Waals surface area contributed by atoms with Gasteiger partial charge in [0.1, 0.15) is 5.82 Å². The maximum absolute atomic E-state index is 12.8. The Hall–Kier alpha value is -2.18. The molecule has 0 saturated heterocycles. The van der Waals surface area contributed by atoms with E-state index in [1.807, 2.05) is 25.3 Å². The van der Waals surface area contributed by atoms with Gasteiger partial charge in [-0.2, -0.15) is 0 Å². The smallest absolute Gasteiger partial charge is 0.264 e. The Morgan fingerprint density at radius 3 is 2.80 bits per heavy atom. The zero-order valence-corrected chi connectivity index (χ0v) is 15.8. The SMILES string of the molecule is CCn1c(C(C)N(C)C(=O)c2cccs2)nc2ccc(Cl)cc2c1=O. The molecule has 2 heterocycles. The van der Waals surface area contributed by atoms with E-state index >= 15 is 0 Å². The van der Waals surface area contributed by atoms with Crippen molar-refractivity contribution < 1.29 is 4.79 Å². The van der Waals surface area contributed by atoms with Crippen LogP contribution in [-0.2, 0) is 6.54 Å². The predicted octanol–water partition coefficient (Wildman–Crippen LogP) is 3.96. The first-order chi connectivity index (χ1) is 11.9. The molecule has 1 unspecified atom stereocenters. The Morgan fingerprint density at radius 1 is 1.40 bits per heavy atom. The molecule has 0 bridgehead atoms. The van der Waals surface area contributed by atoms with Crippen molar-refractivity contribution >= 4 is 39.7 Å². The molecule has 1 aromatic carbocycles. The van der Waals surface area contributed by atoms with E-state index < -0.39 is 0 Å². The summed E-state index contributed by atoms with van der Waals surface area (Å²) in [4.78, 5) is 32.4. The van der Waals surface area contributed by atoms with Crippen LogP contribution in [0.5, 0.6) is 0 Å². The van der Waals surface area contributed by atoms with Crippen LogP contribution < -0.4 is 5.56 Å². The van der Waals surface area contributed by atoms with Crippen LogP contribution in [0.2, 0.25) is 5.02 Å². The maximum Gasteiger partial charge on any atom is 0.264 e. The number of rotatable bonds is 4. The minimum Gasteiger partial charge on any atom is -0.331 e. The molecule has 25 heavy (non-hydrogen) atoms. The molecule has 2 aromatic heterocycles. The third-order valence-electron chi connectivity index (χ3n) is 4.27. The van der Waals surface area contributed by atoms with Gasteiger partial charge < -0.3 is 4.90 Å². The molecule has 0 spiro atoms. The second-order valence-corrected chi connectivity index (χ2v) is 7.13. The van der Waals surface area contributed by atoms with E-state index in [0.717, 1.165) is 0 Å². The average molecular weight is 376 g/mol. The third kappa shape index (κ3) is 3.19. The van der Waals surface area contributed by atoms with Crippen molar-refractivity contribution in [3.05, 3.63) is 61.8 Å². The number of hydrogen-bond acceptors (Lipinski definition) is 4. The van der Waals surface area contributed by atoms with Crippen molar-refractivity contribution in [2.45, 2.75) is 26.4 Å². The summed E-state index contributed by atoms with van der Waals surface area (Å²) in [6, 6.07) is 8.36. The van der Waals surface area contributed by atoms with Crippen LogP contribution in [0.4, 0.5) is 0 Å². The summed E-state index contributed by atoms with van der Waals surface area (Å²) >= 11 is 7.40. The van der Waals surface area contributed by atoms with Gasteiger partial charge in [-0.3, -0.25) is 14.2 Å². The third-order valence-corrected chi connectivity index (χ3v) is 5.36. The largest absolute Gasteiger partial charge is 0.331 e. The standard InChI is InChI=1S/C18H18ClN3O2S/c1-4-22-16(11(2)21(3)18(24)15-6-5-9-25-15)20-14-8-7-12(19)10-13(14)17(22)23/h5-11H,4H2,1-3H3. The summed E-state index contributed by atoms with van der Waals surface area (Å²) in [7, 11) is 1.73. The second-order valence-electron chi connectivity index (χ2n) is 5.75.